The normalized spacial score (nSPS) is 20.2. The molecule has 1 saturated carbocycles. The molecule has 0 N–H and O–H groups in total. The van der Waals surface area contributed by atoms with Crippen molar-refractivity contribution in [2.24, 2.45) is 0 Å². The molecule has 0 aromatic heterocycles. The smallest absolute Gasteiger partial charge is 0.256 e. The maximum atomic E-state index is 13.6. The maximum absolute atomic E-state index is 13.6. The fourth-order valence-electron chi connectivity index (χ4n) is 2.56. The molecule has 2 aliphatic rings. The van der Waals surface area contributed by atoms with Crippen LogP contribution in [-0.4, -0.2) is 55.0 Å². The number of carbonyl (C=O) groups is 1. The molecule has 1 aromatic rings. The Kier molecular flexibility index (Phi) is 3.90. The fourth-order valence-corrected chi connectivity index (χ4v) is 4.38. The van der Waals surface area contributed by atoms with Crippen molar-refractivity contribution in [3.63, 3.8) is 0 Å². The molecular formula is C14H16F2N2O3S. The van der Waals surface area contributed by atoms with Crippen LogP contribution >= 0.6 is 0 Å². The van der Waals surface area contributed by atoms with Gasteiger partial charge >= 0.3 is 0 Å². The van der Waals surface area contributed by atoms with Crippen LogP contribution in [0.1, 0.15) is 23.2 Å². The Morgan fingerprint density at radius 2 is 1.73 bits per heavy atom. The van der Waals surface area contributed by atoms with Gasteiger partial charge in [0.25, 0.3) is 5.91 Å². The van der Waals surface area contributed by atoms with Gasteiger partial charge in [0.1, 0.15) is 11.6 Å². The Bertz CT molecular complexity index is 696. The van der Waals surface area contributed by atoms with Crippen LogP contribution in [0, 0.1) is 11.6 Å². The zero-order valence-corrected chi connectivity index (χ0v) is 12.7. The minimum Gasteiger partial charge on any atom is -0.336 e. The van der Waals surface area contributed by atoms with Gasteiger partial charge in [0.15, 0.2) is 0 Å². The fraction of sp³-hybridized carbons (Fsp3) is 0.500. The van der Waals surface area contributed by atoms with Gasteiger partial charge in [-0.05, 0) is 25.0 Å². The molecule has 2 fully saturated rings. The minimum absolute atomic E-state index is 0.195. The third kappa shape index (κ3) is 2.85. The minimum atomic E-state index is -3.24. The van der Waals surface area contributed by atoms with Gasteiger partial charge < -0.3 is 4.90 Å². The number of halogens is 2. The highest BCUT2D eigenvalue weighted by Gasteiger charge is 2.41. The number of carbonyl (C=O) groups excluding carboxylic acids is 1. The van der Waals surface area contributed by atoms with E-state index in [-0.39, 0.29) is 37.0 Å². The number of rotatable bonds is 3. The largest absolute Gasteiger partial charge is 0.336 e. The summed E-state index contributed by atoms with van der Waals surface area (Å²) in [6.45, 7) is 0.851. The van der Waals surface area contributed by atoms with Crippen LogP contribution in [0.2, 0.25) is 0 Å². The summed E-state index contributed by atoms with van der Waals surface area (Å²) in [5, 5.41) is -0.274. The van der Waals surface area contributed by atoms with E-state index >= 15 is 0 Å². The predicted octanol–water partition coefficient (Wildman–Crippen LogP) is 1.21. The number of hydrogen-bond donors (Lipinski definition) is 0. The molecule has 120 valence electrons. The molecule has 3 rings (SSSR count). The Labute approximate surface area is 127 Å². The van der Waals surface area contributed by atoms with Gasteiger partial charge in [-0.1, -0.05) is 0 Å². The molecule has 0 radical (unpaired) electrons. The molecule has 0 spiro atoms. The molecule has 0 atom stereocenters. The van der Waals surface area contributed by atoms with E-state index in [0.717, 1.165) is 12.1 Å². The van der Waals surface area contributed by atoms with Crippen LogP contribution in [0.5, 0.6) is 0 Å². The summed E-state index contributed by atoms with van der Waals surface area (Å²) in [6, 6.07) is 2.81. The molecule has 0 bridgehead atoms. The molecule has 22 heavy (non-hydrogen) atoms. The number of piperazine rings is 1. The maximum Gasteiger partial charge on any atom is 0.256 e. The summed E-state index contributed by atoms with van der Waals surface area (Å²) in [5.74, 6) is -2.19. The first-order valence-corrected chi connectivity index (χ1v) is 8.63. The molecule has 1 aromatic carbocycles. The molecule has 1 aliphatic heterocycles. The molecule has 1 amide bonds. The van der Waals surface area contributed by atoms with Gasteiger partial charge in [-0.15, -0.1) is 0 Å². The van der Waals surface area contributed by atoms with Gasteiger partial charge in [-0.2, -0.15) is 4.31 Å². The van der Waals surface area contributed by atoms with Gasteiger partial charge in [0, 0.05) is 32.2 Å². The van der Waals surface area contributed by atoms with Crippen molar-refractivity contribution in [1.29, 1.82) is 0 Å². The molecule has 0 unspecified atom stereocenters. The van der Waals surface area contributed by atoms with E-state index in [0.29, 0.717) is 18.9 Å². The standard InChI is InChI=1S/C14H16F2N2O3S/c15-10-1-4-12(13(16)9-10)14(19)17-5-7-18(8-6-17)22(20,21)11-2-3-11/h1,4,9,11H,2-3,5-8H2. The van der Waals surface area contributed by atoms with E-state index in [1.165, 1.54) is 9.21 Å². The average molecular weight is 330 g/mol. The van der Waals surface area contributed by atoms with Crippen molar-refractivity contribution in [3.8, 4) is 0 Å². The summed E-state index contributed by atoms with van der Waals surface area (Å²) in [6.07, 6.45) is 1.39. The summed E-state index contributed by atoms with van der Waals surface area (Å²) in [4.78, 5) is 13.6. The van der Waals surface area contributed by atoms with Crippen LogP contribution in [-0.2, 0) is 10.0 Å². The number of nitrogens with zero attached hydrogens (tertiary/aromatic N) is 2. The average Bonchev–Trinajstić information content (AvgIpc) is 3.32. The molecule has 5 nitrogen and oxygen atoms in total. The summed E-state index contributed by atoms with van der Waals surface area (Å²) in [5.41, 5.74) is -0.195. The quantitative estimate of drug-likeness (QED) is 0.837. The first-order valence-electron chi connectivity index (χ1n) is 7.13. The van der Waals surface area contributed by atoms with E-state index < -0.39 is 27.6 Å². The number of hydrogen-bond acceptors (Lipinski definition) is 3. The Morgan fingerprint density at radius 3 is 2.27 bits per heavy atom. The monoisotopic (exact) mass is 330 g/mol. The van der Waals surface area contributed by atoms with Crippen LogP contribution in [0.15, 0.2) is 18.2 Å². The number of benzene rings is 1. The second-order valence-corrected chi connectivity index (χ2v) is 7.77. The molecule has 1 saturated heterocycles. The lowest BCUT2D eigenvalue weighted by Crippen LogP contribution is -2.51. The van der Waals surface area contributed by atoms with Crippen molar-refractivity contribution in [1.82, 2.24) is 9.21 Å². The van der Waals surface area contributed by atoms with Gasteiger partial charge in [-0.25, -0.2) is 17.2 Å². The summed E-state index contributed by atoms with van der Waals surface area (Å²) >= 11 is 0. The van der Waals surface area contributed by atoms with Crippen LogP contribution < -0.4 is 0 Å². The zero-order valence-electron chi connectivity index (χ0n) is 11.8. The van der Waals surface area contributed by atoms with Crippen molar-refractivity contribution < 1.29 is 22.0 Å². The lowest BCUT2D eigenvalue weighted by molar-refractivity contribution is 0.0693. The second-order valence-electron chi connectivity index (χ2n) is 5.56. The van der Waals surface area contributed by atoms with Gasteiger partial charge in [0.2, 0.25) is 10.0 Å². The van der Waals surface area contributed by atoms with Crippen molar-refractivity contribution >= 4 is 15.9 Å². The highest BCUT2D eigenvalue weighted by molar-refractivity contribution is 7.90. The first-order chi connectivity index (χ1) is 10.4. The summed E-state index contributed by atoms with van der Waals surface area (Å²) in [7, 11) is -3.24. The highest BCUT2D eigenvalue weighted by Crippen LogP contribution is 2.31. The van der Waals surface area contributed by atoms with E-state index in [1.807, 2.05) is 0 Å². The number of amides is 1. The Morgan fingerprint density at radius 1 is 1.09 bits per heavy atom. The summed E-state index contributed by atoms with van der Waals surface area (Å²) < 4.78 is 52.1. The van der Waals surface area contributed by atoms with E-state index in [9.17, 15) is 22.0 Å². The van der Waals surface area contributed by atoms with Crippen molar-refractivity contribution in [3.05, 3.63) is 35.4 Å². The number of sulfonamides is 1. The van der Waals surface area contributed by atoms with Crippen molar-refractivity contribution in [2.45, 2.75) is 18.1 Å². The van der Waals surface area contributed by atoms with Crippen LogP contribution in [0.25, 0.3) is 0 Å². The SMILES string of the molecule is O=C(c1ccc(F)cc1F)N1CCN(S(=O)(=O)C2CC2)CC1. The molecule has 8 heteroatoms. The molecular weight excluding hydrogens is 314 g/mol. The lowest BCUT2D eigenvalue weighted by Gasteiger charge is -2.34. The molecule has 1 aliphatic carbocycles. The first kappa shape index (κ1) is 15.4. The van der Waals surface area contributed by atoms with E-state index in [4.69, 9.17) is 0 Å². The Hall–Kier alpha value is -1.54. The topological polar surface area (TPSA) is 57.7 Å². The van der Waals surface area contributed by atoms with Crippen molar-refractivity contribution in [2.75, 3.05) is 26.2 Å². The van der Waals surface area contributed by atoms with E-state index in [1.54, 1.807) is 0 Å². The Balaban J connectivity index is 1.67. The third-order valence-electron chi connectivity index (χ3n) is 3.99. The zero-order chi connectivity index (χ0) is 15.9. The third-order valence-corrected chi connectivity index (χ3v) is 6.39. The van der Waals surface area contributed by atoms with Crippen LogP contribution in [0.3, 0.4) is 0 Å². The predicted molar refractivity (Wildman–Crippen MR) is 75.8 cm³/mol. The lowest BCUT2D eigenvalue weighted by atomic mass is 10.1. The van der Waals surface area contributed by atoms with Crippen LogP contribution in [0.4, 0.5) is 8.78 Å². The van der Waals surface area contributed by atoms with E-state index in [2.05, 4.69) is 0 Å². The second kappa shape index (κ2) is 5.58. The van der Waals surface area contributed by atoms with Gasteiger partial charge in [-0.3, -0.25) is 4.79 Å². The molecule has 1 heterocycles. The van der Waals surface area contributed by atoms with Gasteiger partial charge in [0.05, 0.1) is 10.8 Å². The highest BCUT2D eigenvalue weighted by atomic mass is 32.2.